The van der Waals surface area contributed by atoms with Crippen molar-refractivity contribution in [3.8, 4) is 0 Å². The summed E-state index contributed by atoms with van der Waals surface area (Å²) in [6.07, 6.45) is 2.82. The summed E-state index contributed by atoms with van der Waals surface area (Å²) in [5.74, 6) is 0.142. The number of Topliss-reactive ketones (excluding diaryl/α,β-unsaturated/α-hetero) is 1. The molecule has 0 aromatic heterocycles. The second-order valence-corrected chi connectivity index (χ2v) is 4.96. The van der Waals surface area contributed by atoms with Crippen molar-refractivity contribution in [2.24, 2.45) is 5.41 Å². The minimum atomic E-state index is 0.142. The van der Waals surface area contributed by atoms with Crippen LogP contribution in [-0.2, 0) is 0 Å². The first-order chi connectivity index (χ1) is 7.19. The number of hydrogen-bond donors (Lipinski definition) is 0. The second kappa shape index (κ2) is 2.84. The summed E-state index contributed by atoms with van der Waals surface area (Å²) in [5.41, 5.74) is 2.76. The Morgan fingerprint density at radius 2 is 1.80 bits per heavy atom. The van der Waals surface area contributed by atoms with Gasteiger partial charge in [0, 0.05) is 29.8 Å². The zero-order valence-electron chi connectivity index (χ0n) is 8.99. The van der Waals surface area contributed by atoms with Gasteiger partial charge in [-0.25, -0.2) is 0 Å². The lowest BCUT2D eigenvalue weighted by Gasteiger charge is -2.41. The highest BCUT2D eigenvalue weighted by Crippen LogP contribution is 2.53. The van der Waals surface area contributed by atoms with E-state index in [4.69, 9.17) is 0 Å². The van der Waals surface area contributed by atoms with Crippen LogP contribution in [0.1, 0.15) is 30.1 Å². The molecule has 1 saturated carbocycles. The van der Waals surface area contributed by atoms with E-state index in [1.165, 1.54) is 31.6 Å². The molecule has 2 fully saturated rings. The molecule has 15 heavy (non-hydrogen) atoms. The van der Waals surface area contributed by atoms with Crippen LogP contribution in [0.3, 0.4) is 0 Å². The molecule has 0 N–H and O–H groups in total. The monoisotopic (exact) mass is 201 g/mol. The molecular formula is C13H15NO. The summed E-state index contributed by atoms with van der Waals surface area (Å²) >= 11 is 0. The third-order valence-corrected chi connectivity index (χ3v) is 3.65. The predicted molar refractivity (Wildman–Crippen MR) is 60.3 cm³/mol. The lowest BCUT2D eigenvalue weighted by Crippen LogP contribution is -2.48. The summed E-state index contributed by atoms with van der Waals surface area (Å²) in [6.45, 7) is 4.04. The minimum Gasteiger partial charge on any atom is -0.370 e. The smallest absolute Gasteiger partial charge is 0.159 e. The van der Waals surface area contributed by atoms with Crippen molar-refractivity contribution >= 4 is 11.5 Å². The van der Waals surface area contributed by atoms with E-state index in [2.05, 4.69) is 17.0 Å². The van der Waals surface area contributed by atoms with Gasteiger partial charge in [-0.15, -0.1) is 0 Å². The van der Waals surface area contributed by atoms with Gasteiger partial charge in [0.2, 0.25) is 0 Å². The molecule has 1 aliphatic heterocycles. The van der Waals surface area contributed by atoms with E-state index in [0.717, 1.165) is 5.56 Å². The van der Waals surface area contributed by atoms with Crippen LogP contribution >= 0.6 is 0 Å². The molecule has 2 nitrogen and oxygen atoms in total. The van der Waals surface area contributed by atoms with Crippen molar-refractivity contribution in [3.05, 3.63) is 29.8 Å². The van der Waals surface area contributed by atoms with Crippen LogP contribution in [0.5, 0.6) is 0 Å². The summed E-state index contributed by atoms with van der Waals surface area (Å²) in [5, 5.41) is 0. The molecule has 1 saturated heterocycles. The number of hydrogen-bond acceptors (Lipinski definition) is 2. The Balaban J connectivity index is 1.74. The Morgan fingerprint density at radius 3 is 2.27 bits per heavy atom. The summed E-state index contributed by atoms with van der Waals surface area (Å²) in [6, 6.07) is 7.98. The molecule has 2 heteroatoms. The first kappa shape index (κ1) is 8.96. The van der Waals surface area contributed by atoms with E-state index in [1.807, 2.05) is 12.1 Å². The van der Waals surface area contributed by atoms with Crippen molar-refractivity contribution in [3.63, 3.8) is 0 Å². The normalized spacial score (nSPS) is 21.3. The molecule has 1 spiro atoms. The van der Waals surface area contributed by atoms with Gasteiger partial charge in [0.05, 0.1) is 0 Å². The molecule has 1 aromatic carbocycles. The van der Waals surface area contributed by atoms with E-state index >= 15 is 0 Å². The number of carbonyl (C=O) groups excluding carboxylic acids is 1. The SMILES string of the molecule is CC(=O)c1ccc(N2CC3(CC3)C2)cc1. The number of nitrogens with zero attached hydrogens (tertiary/aromatic N) is 1. The van der Waals surface area contributed by atoms with Crippen LogP contribution in [0.15, 0.2) is 24.3 Å². The van der Waals surface area contributed by atoms with Crippen LogP contribution in [0.4, 0.5) is 5.69 Å². The van der Waals surface area contributed by atoms with Crippen molar-refractivity contribution in [1.82, 2.24) is 0 Å². The van der Waals surface area contributed by atoms with E-state index in [1.54, 1.807) is 6.92 Å². The quantitative estimate of drug-likeness (QED) is 0.685. The van der Waals surface area contributed by atoms with Crippen LogP contribution in [0.2, 0.25) is 0 Å². The number of benzene rings is 1. The maximum atomic E-state index is 11.1. The number of anilines is 1. The van der Waals surface area contributed by atoms with Crippen molar-refractivity contribution < 1.29 is 4.79 Å². The molecule has 3 rings (SSSR count). The highest BCUT2D eigenvalue weighted by atomic mass is 16.1. The van der Waals surface area contributed by atoms with Crippen LogP contribution in [0.25, 0.3) is 0 Å². The van der Waals surface area contributed by atoms with Gasteiger partial charge in [-0.1, -0.05) is 0 Å². The largest absolute Gasteiger partial charge is 0.370 e. The zero-order chi connectivity index (χ0) is 10.5. The Morgan fingerprint density at radius 1 is 1.20 bits per heavy atom. The van der Waals surface area contributed by atoms with E-state index in [9.17, 15) is 4.79 Å². The van der Waals surface area contributed by atoms with Gasteiger partial charge in [-0.05, 0) is 44.0 Å². The summed E-state index contributed by atoms with van der Waals surface area (Å²) in [4.78, 5) is 13.5. The van der Waals surface area contributed by atoms with Gasteiger partial charge in [0.1, 0.15) is 0 Å². The zero-order valence-corrected chi connectivity index (χ0v) is 8.99. The lowest BCUT2D eigenvalue weighted by atomic mass is 9.96. The predicted octanol–water partition coefficient (Wildman–Crippen LogP) is 2.49. The summed E-state index contributed by atoms with van der Waals surface area (Å²) in [7, 11) is 0. The van der Waals surface area contributed by atoms with E-state index < -0.39 is 0 Å². The topological polar surface area (TPSA) is 20.3 Å². The standard InChI is InChI=1S/C13H15NO/c1-10(15)11-2-4-12(5-3-11)14-8-13(9-14)6-7-13/h2-5H,6-9H2,1H3. The third kappa shape index (κ3) is 1.44. The Kier molecular flexibility index (Phi) is 1.70. The Labute approximate surface area is 89.9 Å². The van der Waals surface area contributed by atoms with Gasteiger partial charge in [0.15, 0.2) is 5.78 Å². The summed E-state index contributed by atoms with van der Waals surface area (Å²) < 4.78 is 0. The van der Waals surface area contributed by atoms with Crippen molar-refractivity contribution in [1.29, 1.82) is 0 Å². The van der Waals surface area contributed by atoms with Crippen LogP contribution in [-0.4, -0.2) is 18.9 Å². The van der Waals surface area contributed by atoms with E-state index in [-0.39, 0.29) is 5.78 Å². The third-order valence-electron chi connectivity index (χ3n) is 3.65. The maximum absolute atomic E-state index is 11.1. The Bertz CT molecular complexity index is 395. The molecule has 0 bridgehead atoms. The molecule has 1 aliphatic carbocycles. The first-order valence-corrected chi connectivity index (χ1v) is 5.55. The highest BCUT2D eigenvalue weighted by Gasteiger charge is 2.52. The molecule has 1 aromatic rings. The van der Waals surface area contributed by atoms with Crippen LogP contribution in [0, 0.1) is 5.41 Å². The fraction of sp³-hybridized carbons (Fsp3) is 0.462. The van der Waals surface area contributed by atoms with Gasteiger partial charge in [0.25, 0.3) is 0 Å². The average molecular weight is 201 g/mol. The average Bonchev–Trinajstić information content (AvgIpc) is 2.95. The molecule has 0 radical (unpaired) electrons. The minimum absolute atomic E-state index is 0.142. The molecule has 0 atom stereocenters. The fourth-order valence-corrected chi connectivity index (χ4v) is 2.35. The van der Waals surface area contributed by atoms with Gasteiger partial charge >= 0.3 is 0 Å². The second-order valence-electron chi connectivity index (χ2n) is 4.96. The molecule has 0 unspecified atom stereocenters. The van der Waals surface area contributed by atoms with Crippen LogP contribution < -0.4 is 4.90 Å². The van der Waals surface area contributed by atoms with E-state index in [0.29, 0.717) is 5.41 Å². The molecule has 78 valence electrons. The first-order valence-electron chi connectivity index (χ1n) is 5.55. The van der Waals surface area contributed by atoms with Gasteiger partial charge in [-0.3, -0.25) is 4.79 Å². The fourth-order valence-electron chi connectivity index (χ4n) is 2.35. The number of ketones is 1. The highest BCUT2D eigenvalue weighted by molar-refractivity contribution is 5.94. The maximum Gasteiger partial charge on any atom is 0.159 e. The number of rotatable bonds is 2. The Hall–Kier alpha value is -1.31. The lowest BCUT2D eigenvalue weighted by molar-refractivity contribution is 0.101. The molecular weight excluding hydrogens is 186 g/mol. The van der Waals surface area contributed by atoms with Gasteiger partial charge < -0.3 is 4.90 Å². The molecule has 2 aliphatic rings. The molecule has 1 heterocycles. The molecule has 0 amide bonds. The van der Waals surface area contributed by atoms with Crippen molar-refractivity contribution in [2.45, 2.75) is 19.8 Å². The number of carbonyl (C=O) groups is 1. The van der Waals surface area contributed by atoms with Gasteiger partial charge in [-0.2, -0.15) is 0 Å². The van der Waals surface area contributed by atoms with Crippen molar-refractivity contribution in [2.75, 3.05) is 18.0 Å².